The summed E-state index contributed by atoms with van der Waals surface area (Å²) in [6.07, 6.45) is 1.82. The second-order valence-corrected chi connectivity index (χ2v) is 8.91. The Hall–Kier alpha value is -4.42. The maximum Gasteiger partial charge on any atom is 0.325 e. The number of nitrogens with one attached hydrogen (secondary N) is 4. The zero-order valence-electron chi connectivity index (χ0n) is 20.7. The number of aromatic hydroxyl groups is 1. The van der Waals surface area contributed by atoms with Crippen molar-refractivity contribution in [2.24, 2.45) is 5.73 Å². The van der Waals surface area contributed by atoms with Crippen molar-refractivity contribution < 1.29 is 34.5 Å². The van der Waals surface area contributed by atoms with E-state index in [4.69, 9.17) is 5.73 Å². The lowest BCUT2D eigenvalue weighted by Gasteiger charge is -2.24. The van der Waals surface area contributed by atoms with Crippen molar-refractivity contribution in [3.05, 3.63) is 65.9 Å². The average molecular weight is 526 g/mol. The van der Waals surface area contributed by atoms with E-state index in [-0.39, 0.29) is 18.6 Å². The van der Waals surface area contributed by atoms with Crippen molar-refractivity contribution in [3.8, 4) is 5.75 Å². The van der Waals surface area contributed by atoms with Crippen molar-refractivity contribution in [1.29, 1.82) is 0 Å². The van der Waals surface area contributed by atoms with Gasteiger partial charge in [-0.05, 0) is 42.7 Å². The lowest BCUT2D eigenvalue weighted by Crippen LogP contribution is -2.58. The Bertz CT molecular complexity index is 1290. The minimum atomic E-state index is -1.41. The predicted molar refractivity (Wildman–Crippen MR) is 138 cm³/mol. The Morgan fingerprint density at radius 3 is 2.18 bits per heavy atom. The molecule has 0 aliphatic heterocycles. The highest BCUT2D eigenvalue weighted by Crippen LogP contribution is 2.19. The number of phenols is 1. The Morgan fingerprint density at radius 2 is 1.53 bits per heavy atom. The van der Waals surface area contributed by atoms with Crippen LogP contribution in [0.1, 0.15) is 18.1 Å². The normalized spacial score (nSPS) is 14.2. The Kier molecular flexibility index (Phi) is 9.41. The van der Waals surface area contributed by atoms with Gasteiger partial charge in [-0.15, -0.1) is 0 Å². The van der Waals surface area contributed by atoms with Crippen LogP contribution in [0.4, 0.5) is 0 Å². The minimum absolute atomic E-state index is 0.0143. The first-order valence-corrected chi connectivity index (χ1v) is 11.9. The van der Waals surface area contributed by atoms with E-state index in [2.05, 4.69) is 20.9 Å². The van der Waals surface area contributed by atoms with Crippen molar-refractivity contribution >= 4 is 34.6 Å². The summed E-state index contributed by atoms with van der Waals surface area (Å²) < 4.78 is 0. The number of carbonyl (C=O) groups excluding carboxylic acids is 3. The molecule has 1 heterocycles. The molecule has 202 valence electrons. The van der Waals surface area contributed by atoms with Crippen LogP contribution in [0.15, 0.2) is 54.7 Å². The number of nitrogens with two attached hydrogens (primary N) is 1. The molecule has 9 N–H and O–H groups in total. The summed E-state index contributed by atoms with van der Waals surface area (Å²) in [6, 6.07) is 8.56. The van der Waals surface area contributed by atoms with E-state index >= 15 is 0 Å². The number of aromatic nitrogens is 1. The van der Waals surface area contributed by atoms with Crippen LogP contribution in [-0.2, 0) is 32.0 Å². The van der Waals surface area contributed by atoms with Crippen molar-refractivity contribution in [1.82, 2.24) is 20.9 Å². The topological polar surface area (TPSA) is 207 Å². The number of H-pyrrole nitrogens is 1. The molecule has 0 fully saturated rings. The van der Waals surface area contributed by atoms with E-state index in [0.717, 1.165) is 10.9 Å². The molecular formula is C26H31N5O7. The van der Waals surface area contributed by atoms with Gasteiger partial charge in [-0.25, -0.2) is 0 Å². The largest absolute Gasteiger partial charge is 0.508 e. The summed E-state index contributed by atoms with van der Waals surface area (Å²) >= 11 is 0. The van der Waals surface area contributed by atoms with E-state index in [0.29, 0.717) is 11.1 Å². The third kappa shape index (κ3) is 7.31. The van der Waals surface area contributed by atoms with Gasteiger partial charge in [0.1, 0.15) is 23.9 Å². The number of aliphatic hydroxyl groups is 1. The molecule has 0 aliphatic carbocycles. The lowest BCUT2D eigenvalue weighted by atomic mass is 10.0. The van der Waals surface area contributed by atoms with E-state index in [9.17, 15) is 34.5 Å². The van der Waals surface area contributed by atoms with Gasteiger partial charge in [0.2, 0.25) is 17.7 Å². The van der Waals surface area contributed by atoms with E-state index in [1.807, 2.05) is 24.3 Å². The number of carboxylic acids is 1. The summed E-state index contributed by atoms with van der Waals surface area (Å²) in [5, 5.41) is 36.4. The molecule has 3 amide bonds. The number of aliphatic hydroxyl groups excluding tert-OH is 1. The Morgan fingerprint density at radius 1 is 0.895 bits per heavy atom. The fraction of sp³-hybridized carbons (Fsp3) is 0.308. The number of aromatic amines is 1. The third-order valence-corrected chi connectivity index (χ3v) is 6.01. The minimum Gasteiger partial charge on any atom is -0.508 e. The van der Waals surface area contributed by atoms with Gasteiger partial charge in [-0.2, -0.15) is 0 Å². The first-order valence-electron chi connectivity index (χ1n) is 11.9. The maximum atomic E-state index is 13.0. The number of carboxylic acid groups (broad SMARTS) is 1. The number of para-hydroxylation sites is 1. The van der Waals surface area contributed by atoms with Crippen LogP contribution in [-0.4, -0.2) is 74.8 Å². The van der Waals surface area contributed by atoms with Crippen LogP contribution in [0.3, 0.4) is 0 Å². The van der Waals surface area contributed by atoms with Crippen molar-refractivity contribution in [2.45, 2.75) is 43.9 Å². The molecule has 1 aromatic heterocycles. The molecule has 0 spiro atoms. The second kappa shape index (κ2) is 12.7. The van der Waals surface area contributed by atoms with Crippen LogP contribution in [0, 0.1) is 0 Å². The molecule has 4 atom stereocenters. The third-order valence-electron chi connectivity index (χ3n) is 6.01. The van der Waals surface area contributed by atoms with Gasteiger partial charge in [0.15, 0.2) is 0 Å². The van der Waals surface area contributed by atoms with E-state index in [1.165, 1.54) is 19.1 Å². The number of phenolic OH excluding ortho intramolecular Hbond substituents is 1. The predicted octanol–water partition coefficient (Wildman–Crippen LogP) is -0.463. The smallest absolute Gasteiger partial charge is 0.325 e. The number of rotatable bonds is 12. The number of benzene rings is 2. The number of fused-ring (bicyclic) bond motifs is 1. The Labute approximate surface area is 218 Å². The molecule has 12 nitrogen and oxygen atoms in total. The lowest BCUT2D eigenvalue weighted by molar-refractivity contribution is -0.141. The van der Waals surface area contributed by atoms with Crippen LogP contribution in [0.5, 0.6) is 5.75 Å². The summed E-state index contributed by atoms with van der Waals surface area (Å²) in [5.41, 5.74) is 8.15. The molecule has 2 aromatic carbocycles. The molecule has 3 rings (SSSR count). The fourth-order valence-electron chi connectivity index (χ4n) is 3.83. The standard InChI is InChI=1S/C26H31N5O7/c1-14(26(37)38)29-24(35)21(11-16-12-28-20-5-3-2-4-18(16)20)30-25(36)22(13-32)31-23(34)19(27)10-15-6-8-17(33)9-7-15/h2-9,12,14,19,21-22,28,32-33H,10-11,13,27H2,1H3,(H,29,35)(H,30,36)(H,31,34)(H,37,38). The molecule has 0 radical (unpaired) electrons. The number of carbonyl (C=O) groups is 4. The summed E-state index contributed by atoms with van der Waals surface area (Å²) in [6.45, 7) is 0.521. The zero-order valence-corrected chi connectivity index (χ0v) is 20.7. The van der Waals surface area contributed by atoms with Gasteiger partial charge < -0.3 is 42.0 Å². The van der Waals surface area contributed by atoms with Crippen molar-refractivity contribution in [2.75, 3.05) is 6.61 Å². The number of amides is 3. The molecule has 0 saturated carbocycles. The highest BCUT2D eigenvalue weighted by atomic mass is 16.4. The van der Waals surface area contributed by atoms with Crippen molar-refractivity contribution in [3.63, 3.8) is 0 Å². The highest BCUT2D eigenvalue weighted by molar-refractivity contribution is 5.95. The van der Waals surface area contributed by atoms with Gasteiger partial charge in [0, 0.05) is 23.5 Å². The van der Waals surface area contributed by atoms with Gasteiger partial charge in [-0.1, -0.05) is 30.3 Å². The van der Waals surface area contributed by atoms with Crippen LogP contribution < -0.4 is 21.7 Å². The van der Waals surface area contributed by atoms with Gasteiger partial charge in [-0.3, -0.25) is 19.2 Å². The SMILES string of the molecule is CC(NC(=O)C(Cc1c[nH]c2ccccc12)NC(=O)C(CO)NC(=O)C(N)Cc1ccc(O)cc1)C(=O)O. The molecule has 3 aromatic rings. The zero-order chi connectivity index (χ0) is 27.8. The molecule has 12 heteroatoms. The molecule has 4 unspecified atom stereocenters. The van der Waals surface area contributed by atoms with Crippen LogP contribution >= 0.6 is 0 Å². The van der Waals surface area contributed by atoms with Crippen LogP contribution in [0.25, 0.3) is 10.9 Å². The van der Waals surface area contributed by atoms with E-state index < -0.39 is 54.5 Å². The molecule has 0 bridgehead atoms. The number of hydrogen-bond donors (Lipinski definition) is 8. The summed E-state index contributed by atoms with van der Waals surface area (Å²) in [4.78, 5) is 52.9. The summed E-state index contributed by atoms with van der Waals surface area (Å²) in [5.74, 6) is -3.48. The van der Waals surface area contributed by atoms with Gasteiger partial charge in [0.25, 0.3) is 0 Å². The average Bonchev–Trinajstić information content (AvgIpc) is 3.30. The number of hydrogen-bond acceptors (Lipinski definition) is 7. The van der Waals surface area contributed by atoms with E-state index in [1.54, 1.807) is 18.3 Å². The fourth-order valence-corrected chi connectivity index (χ4v) is 3.83. The quantitative estimate of drug-likeness (QED) is 0.155. The molecule has 0 saturated heterocycles. The van der Waals surface area contributed by atoms with Crippen LogP contribution in [0.2, 0.25) is 0 Å². The maximum absolute atomic E-state index is 13.0. The van der Waals surface area contributed by atoms with Gasteiger partial charge in [0.05, 0.1) is 12.6 Å². The number of aliphatic carboxylic acids is 1. The molecule has 0 aliphatic rings. The van der Waals surface area contributed by atoms with Gasteiger partial charge >= 0.3 is 5.97 Å². The highest BCUT2D eigenvalue weighted by Gasteiger charge is 2.30. The monoisotopic (exact) mass is 525 g/mol. The Balaban J connectivity index is 1.72. The molecular weight excluding hydrogens is 494 g/mol. The first kappa shape index (κ1) is 28.2. The first-order chi connectivity index (χ1) is 18.1. The molecule has 38 heavy (non-hydrogen) atoms. The second-order valence-electron chi connectivity index (χ2n) is 8.91. The summed E-state index contributed by atoms with van der Waals surface area (Å²) in [7, 11) is 0.